The number of likely N-dealkylation sites (N-methyl/N-ethyl adjacent to an activating group) is 1. The molecule has 0 unspecified atom stereocenters. The van der Waals surface area contributed by atoms with Crippen molar-refractivity contribution in [2.45, 2.75) is 4.90 Å². The number of benzene rings is 2. The minimum absolute atomic E-state index is 0.0123. The van der Waals surface area contributed by atoms with Gasteiger partial charge in [0.25, 0.3) is 5.91 Å². The summed E-state index contributed by atoms with van der Waals surface area (Å²) in [5.74, 6) is -1.95. The molecule has 0 atom stereocenters. The molecule has 26 heavy (non-hydrogen) atoms. The quantitative estimate of drug-likeness (QED) is 0.596. The van der Waals surface area contributed by atoms with Crippen LogP contribution in [0.4, 0.5) is 8.78 Å². The van der Waals surface area contributed by atoms with Gasteiger partial charge in [0.2, 0.25) is 10.0 Å². The van der Waals surface area contributed by atoms with Crippen molar-refractivity contribution in [3.05, 3.63) is 64.7 Å². The smallest absolute Gasteiger partial charge is 0.255 e. The van der Waals surface area contributed by atoms with E-state index in [-0.39, 0.29) is 15.5 Å². The summed E-state index contributed by atoms with van der Waals surface area (Å²) in [5, 5.41) is 3.67. The number of rotatable bonds is 6. The van der Waals surface area contributed by atoms with E-state index in [0.29, 0.717) is 0 Å². The van der Waals surface area contributed by atoms with Crippen molar-refractivity contribution < 1.29 is 22.0 Å². The summed E-state index contributed by atoms with van der Waals surface area (Å²) in [6, 6.07) is 8.25. The number of amides is 1. The second-order valence-corrected chi connectivity index (χ2v) is 7.60. The zero-order valence-corrected chi connectivity index (χ0v) is 15.1. The number of hydrazone groups is 1. The highest BCUT2D eigenvalue weighted by Crippen LogP contribution is 2.16. The van der Waals surface area contributed by atoms with E-state index in [1.54, 1.807) is 0 Å². The molecule has 2 rings (SSSR count). The summed E-state index contributed by atoms with van der Waals surface area (Å²) in [4.78, 5) is 11.7. The zero-order chi connectivity index (χ0) is 19.3. The summed E-state index contributed by atoms with van der Waals surface area (Å²) < 4.78 is 51.8. The first-order chi connectivity index (χ1) is 12.2. The lowest BCUT2D eigenvalue weighted by Gasteiger charge is -2.16. The van der Waals surface area contributed by atoms with Gasteiger partial charge < -0.3 is 0 Å². The van der Waals surface area contributed by atoms with Gasteiger partial charge in [-0.05, 0) is 36.4 Å². The number of sulfonamides is 1. The molecular weight excluding hydrogens is 388 g/mol. The minimum Gasteiger partial charge on any atom is -0.272 e. The SMILES string of the molecule is CN(CC(=O)N/N=C\c1c(F)cccc1Cl)S(=O)(=O)c1ccc(F)cc1. The average Bonchev–Trinajstić information content (AvgIpc) is 2.58. The Morgan fingerprint density at radius 3 is 2.50 bits per heavy atom. The lowest BCUT2D eigenvalue weighted by atomic mass is 10.2. The fourth-order valence-corrected chi connectivity index (χ4v) is 3.25. The van der Waals surface area contributed by atoms with Crippen LogP contribution in [0.2, 0.25) is 5.02 Å². The zero-order valence-electron chi connectivity index (χ0n) is 13.5. The first kappa shape index (κ1) is 20.0. The molecule has 0 saturated heterocycles. The monoisotopic (exact) mass is 401 g/mol. The van der Waals surface area contributed by atoms with Gasteiger partial charge in [-0.15, -0.1) is 0 Å². The van der Waals surface area contributed by atoms with Gasteiger partial charge in [-0.2, -0.15) is 9.41 Å². The molecule has 1 amide bonds. The van der Waals surface area contributed by atoms with E-state index in [9.17, 15) is 22.0 Å². The van der Waals surface area contributed by atoms with Crippen molar-refractivity contribution in [3.8, 4) is 0 Å². The van der Waals surface area contributed by atoms with E-state index in [4.69, 9.17) is 11.6 Å². The Morgan fingerprint density at radius 1 is 1.23 bits per heavy atom. The van der Waals surface area contributed by atoms with Crippen molar-refractivity contribution in [2.24, 2.45) is 5.10 Å². The first-order valence-electron chi connectivity index (χ1n) is 7.19. The molecule has 0 aromatic heterocycles. The Labute approximate surface area is 154 Å². The normalized spacial score (nSPS) is 11.9. The summed E-state index contributed by atoms with van der Waals surface area (Å²) in [6.07, 6.45) is 1.02. The van der Waals surface area contributed by atoms with Crippen LogP contribution < -0.4 is 5.43 Å². The fraction of sp³-hybridized carbons (Fsp3) is 0.125. The van der Waals surface area contributed by atoms with E-state index in [1.165, 1.54) is 25.2 Å². The van der Waals surface area contributed by atoms with Gasteiger partial charge in [0, 0.05) is 12.6 Å². The van der Waals surface area contributed by atoms with E-state index >= 15 is 0 Å². The number of nitrogens with one attached hydrogen (secondary N) is 1. The van der Waals surface area contributed by atoms with Gasteiger partial charge in [-0.1, -0.05) is 17.7 Å². The van der Waals surface area contributed by atoms with Crippen LogP contribution in [0, 0.1) is 11.6 Å². The van der Waals surface area contributed by atoms with E-state index in [0.717, 1.165) is 34.8 Å². The largest absolute Gasteiger partial charge is 0.272 e. The van der Waals surface area contributed by atoms with Crippen LogP contribution in [0.25, 0.3) is 0 Å². The van der Waals surface area contributed by atoms with Crippen LogP contribution in [0.1, 0.15) is 5.56 Å². The molecule has 0 aliphatic carbocycles. The van der Waals surface area contributed by atoms with Gasteiger partial charge in [-0.25, -0.2) is 22.6 Å². The van der Waals surface area contributed by atoms with Crippen LogP contribution in [0.5, 0.6) is 0 Å². The predicted octanol–water partition coefficient (Wildman–Crippen LogP) is 2.39. The molecule has 6 nitrogen and oxygen atoms in total. The minimum atomic E-state index is -3.97. The fourth-order valence-electron chi connectivity index (χ4n) is 1.91. The Hall–Kier alpha value is -2.36. The molecule has 0 aliphatic rings. The molecule has 0 fully saturated rings. The Kier molecular flexibility index (Phi) is 6.41. The maximum absolute atomic E-state index is 13.6. The lowest BCUT2D eigenvalue weighted by Crippen LogP contribution is -2.36. The molecule has 10 heteroatoms. The van der Waals surface area contributed by atoms with Crippen molar-refractivity contribution in [3.63, 3.8) is 0 Å². The van der Waals surface area contributed by atoms with Crippen LogP contribution in [-0.4, -0.2) is 38.4 Å². The molecular formula is C16H14ClF2N3O3S. The molecule has 1 N–H and O–H groups in total. The number of halogens is 3. The summed E-state index contributed by atoms with van der Waals surface area (Å²) in [6.45, 7) is -0.540. The van der Waals surface area contributed by atoms with Crippen LogP contribution in [0.3, 0.4) is 0 Å². The van der Waals surface area contributed by atoms with Crippen molar-refractivity contribution in [1.29, 1.82) is 0 Å². The van der Waals surface area contributed by atoms with Crippen LogP contribution in [0.15, 0.2) is 52.5 Å². The number of carbonyl (C=O) groups excluding carboxylic acids is 1. The third-order valence-corrected chi connectivity index (χ3v) is 5.42. The third-order valence-electron chi connectivity index (χ3n) is 3.27. The van der Waals surface area contributed by atoms with Crippen molar-refractivity contribution in [2.75, 3.05) is 13.6 Å². The average molecular weight is 402 g/mol. The van der Waals surface area contributed by atoms with Crippen molar-refractivity contribution >= 4 is 33.7 Å². The summed E-state index contributed by atoms with van der Waals surface area (Å²) in [5.41, 5.74) is 2.08. The molecule has 2 aromatic carbocycles. The first-order valence-corrected chi connectivity index (χ1v) is 9.01. The van der Waals surface area contributed by atoms with Gasteiger partial charge in [0.05, 0.1) is 22.7 Å². The highest BCUT2D eigenvalue weighted by atomic mass is 35.5. The van der Waals surface area contributed by atoms with E-state index in [2.05, 4.69) is 10.5 Å². The second-order valence-electron chi connectivity index (χ2n) is 5.14. The maximum Gasteiger partial charge on any atom is 0.255 e. The van der Waals surface area contributed by atoms with Gasteiger partial charge in [0.15, 0.2) is 0 Å². The molecule has 0 aliphatic heterocycles. The highest BCUT2D eigenvalue weighted by molar-refractivity contribution is 7.89. The van der Waals surface area contributed by atoms with Crippen molar-refractivity contribution in [1.82, 2.24) is 9.73 Å². The molecule has 0 spiro atoms. The molecule has 0 radical (unpaired) electrons. The molecule has 0 saturated carbocycles. The Morgan fingerprint density at radius 2 is 1.88 bits per heavy atom. The number of hydrogen-bond donors (Lipinski definition) is 1. The molecule has 138 valence electrons. The third kappa shape index (κ3) is 4.84. The Balaban J connectivity index is 2.01. The standard InChI is InChI=1S/C16H14ClF2N3O3S/c1-22(26(24,25)12-7-5-11(18)6-8-12)10-16(23)21-20-9-13-14(17)3-2-4-15(13)19/h2-9H,10H2,1H3,(H,21,23)/b20-9-. The predicted molar refractivity (Wildman–Crippen MR) is 93.4 cm³/mol. The topological polar surface area (TPSA) is 78.8 Å². The number of carbonyl (C=O) groups is 1. The van der Waals surface area contributed by atoms with E-state index < -0.39 is 34.1 Å². The number of hydrogen-bond acceptors (Lipinski definition) is 4. The molecule has 2 aromatic rings. The summed E-state index contributed by atoms with van der Waals surface area (Å²) in [7, 11) is -2.78. The second kappa shape index (κ2) is 8.35. The van der Waals surface area contributed by atoms with Gasteiger partial charge >= 0.3 is 0 Å². The van der Waals surface area contributed by atoms with Crippen LogP contribution >= 0.6 is 11.6 Å². The highest BCUT2D eigenvalue weighted by Gasteiger charge is 2.22. The molecule has 0 bridgehead atoms. The maximum atomic E-state index is 13.6. The van der Waals surface area contributed by atoms with Gasteiger partial charge in [-0.3, -0.25) is 4.79 Å². The van der Waals surface area contributed by atoms with Crippen LogP contribution in [-0.2, 0) is 14.8 Å². The number of nitrogens with zero attached hydrogens (tertiary/aromatic N) is 2. The summed E-state index contributed by atoms with van der Waals surface area (Å²) >= 11 is 5.81. The molecule has 0 heterocycles. The van der Waals surface area contributed by atoms with E-state index in [1.807, 2.05) is 0 Å². The van der Waals surface area contributed by atoms with Gasteiger partial charge in [0.1, 0.15) is 11.6 Å². The lowest BCUT2D eigenvalue weighted by molar-refractivity contribution is -0.121. The Bertz CT molecular complexity index is 914.